The fourth-order valence-electron chi connectivity index (χ4n) is 1.60. The molecule has 1 saturated heterocycles. The normalized spacial score (nSPS) is 16.2. The minimum atomic E-state index is -0.234. The van der Waals surface area contributed by atoms with Crippen molar-refractivity contribution in [2.24, 2.45) is 0 Å². The first-order chi connectivity index (χ1) is 7.22. The van der Waals surface area contributed by atoms with Crippen molar-refractivity contribution >= 4 is 17.4 Å². The number of carbonyl (C=O) groups is 2. The maximum Gasteiger partial charge on any atom is 0.234 e. The van der Waals surface area contributed by atoms with Gasteiger partial charge in [0.1, 0.15) is 0 Å². The summed E-state index contributed by atoms with van der Waals surface area (Å²) in [6.45, 7) is -0.0899. The first-order valence-corrected chi connectivity index (χ1v) is 4.58. The summed E-state index contributed by atoms with van der Waals surface area (Å²) in [7, 11) is 0. The Morgan fingerprint density at radius 3 is 2.87 bits per heavy atom. The molecule has 78 valence electrons. The quantitative estimate of drug-likeness (QED) is 0.685. The molecule has 1 aromatic rings. The van der Waals surface area contributed by atoms with Gasteiger partial charge >= 0.3 is 0 Å². The molecule has 5 nitrogen and oxygen atoms in total. The molecule has 0 saturated carbocycles. The van der Waals surface area contributed by atoms with Crippen molar-refractivity contribution in [2.45, 2.75) is 13.0 Å². The molecule has 0 radical (unpaired) electrons. The second-order valence-corrected chi connectivity index (χ2v) is 3.36. The van der Waals surface area contributed by atoms with Crippen LogP contribution < -0.4 is 4.90 Å². The predicted molar refractivity (Wildman–Crippen MR) is 52.1 cm³/mol. The minimum Gasteiger partial charge on any atom is -0.392 e. The summed E-state index contributed by atoms with van der Waals surface area (Å²) < 4.78 is 0. The maximum atomic E-state index is 11.4. The van der Waals surface area contributed by atoms with Gasteiger partial charge < -0.3 is 10.0 Å². The number of aliphatic hydroxyl groups is 1. The number of ketones is 1. The highest BCUT2D eigenvalue weighted by Crippen LogP contribution is 2.22. The van der Waals surface area contributed by atoms with E-state index in [1.807, 2.05) is 0 Å². The molecule has 1 fully saturated rings. The Bertz CT molecular complexity index is 417. The number of pyridine rings is 1. The lowest BCUT2D eigenvalue weighted by atomic mass is 10.2. The SMILES string of the molecule is O=C1CC(=O)N(c2cnccc2CO)C1. The molecule has 0 spiro atoms. The van der Waals surface area contributed by atoms with Gasteiger partial charge in [0.15, 0.2) is 5.78 Å². The van der Waals surface area contributed by atoms with Crippen molar-refractivity contribution in [2.75, 3.05) is 11.4 Å². The lowest BCUT2D eigenvalue weighted by Crippen LogP contribution is -2.25. The van der Waals surface area contributed by atoms with E-state index in [4.69, 9.17) is 5.11 Å². The number of nitrogens with zero attached hydrogens (tertiary/aromatic N) is 2. The van der Waals surface area contributed by atoms with Crippen LogP contribution in [-0.2, 0) is 16.2 Å². The Labute approximate surface area is 86.3 Å². The number of anilines is 1. The van der Waals surface area contributed by atoms with Crippen LogP contribution in [0.15, 0.2) is 18.5 Å². The van der Waals surface area contributed by atoms with Gasteiger partial charge in [0.25, 0.3) is 0 Å². The van der Waals surface area contributed by atoms with Crippen molar-refractivity contribution in [1.29, 1.82) is 0 Å². The molecule has 1 amide bonds. The molecule has 1 aliphatic heterocycles. The molecule has 1 aromatic heterocycles. The van der Waals surface area contributed by atoms with Crippen LogP contribution in [0.1, 0.15) is 12.0 Å². The van der Waals surface area contributed by atoms with Crippen molar-refractivity contribution in [1.82, 2.24) is 4.98 Å². The van der Waals surface area contributed by atoms with Crippen LogP contribution in [0.25, 0.3) is 0 Å². The van der Waals surface area contributed by atoms with Crippen molar-refractivity contribution in [3.8, 4) is 0 Å². The summed E-state index contributed by atoms with van der Waals surface area (Å²) >= 11 is 0. The molecule has 2 heterocycles. The van der Waals surface area contributed by atoms with E-state index in [1.54, 1.807) is 6.07 Å². The molecule has 0 atom stereocenters. The van der Waals surface area contributed by atoms with Gasteiger partial charge in [-0.05, 0) is 6.07 Å². The molecule has 0 aliphatic carbocycles. The van der Waals surface area contributed by atoms with Crippen molar-refractivity contribution in [3.63, 3.8) is 0 Å². The van der Waals surface area contributed by atoms with E-state index in [2.05, 4.69) is 4.98 Å². The van der Waals surface area contributed by atoms with Crippen molar-refractivity contribution < 1.29 is 14.7 Å². The number of amides is 1. The molecule has 2 rings (SSSR count). The zero-order valence-corrected chi connectivity index (χ0v) is 8.01. The zero-order valence-electron chi connectivity index (χ0n) is 8.01. The first-order valence-electron chi connectivity index (χ1n) is 4.58. The maximum absolute atomic E-state index is 11.4. The molecule has 0 aromatic carbocycles. The monoisotopic (exact) mass is 206 g/mol. The number of hydrogen-bond acceptors (Lipinski definition) is 4. The van der Waals surface area contributed by atoms with Crippen LogP contribution in [0.5, 0.6) is 0 Å². The van der Waals surface area contributed by atoms with Gasteiger partial charge in [0.2, 0.25) is 5.91 Å². The smallest absolute Gasteiger partial charge is 0.234 e. The second kappa shape index (κ2) is 3.78. The predicted octanol–water partition coefficient (Wildman–Crippen LogP) is -0.120. The molecule has 1 N–H and O–H groups in total. The standard InChI is InChI=1S/C10H10N2O3/c13-6-7-1-2-11-4-9(7)12-5-8(14)3-10(12)15/h1-2,4,13H,3,5-6H2. The minimum absolute atomic E-state index is 0.0558. The fourth-order valence-corrected chi connectivity index (χ4v) is 1.60. The number of rotatable bonds is 2. The van der Waals surface area contributed by atoms with E-state index in [0.29, 0.717) is 11.3 Å². The number of aromatic nitrogens is 1. The van der Waals surface area contributed by atoms with E-state index in [9.17, 15) is 9.59 Å². The molecular formula is C10H10N2O3. The van der Waals surface area contributed by atoms with Crippen LogP contribution in [0.4, 0.5) is 5.69 Å². The van der Waals surface area contributed by atoms with Crippen molar-refractivity contribution in [3.05, 3.63) is 24.0 Å². The van der Waals surface area contributed by atoms with Crippen LogP contribution >= 0.6 is 0 Å². The summed E-state index contributed by atoms with van der Waals surface area (Å²) in [6, 6.07) is 1.63. The molecule has 5 heteroatoms. The molecular weight excluding hydrogens is 196 g/mol. The fraction of sp³-hybridized carbons (Fsp3) is 0.300. The van der Waals surface area contributed by atoms with Crippen LogP contribution in [-0.4, -0.2) is 28.3 Å². The number of aliphatic hydroxyl groups excluding tert-OH is 1. The highest BCUT2D eigenvalue weighted by molar-refractivity contribution is 6.15. The van der Waals surface area contributed by atoms with Gasteiger partial charge in [-0.25, -0.2) is 0 Å². The van der Waals surface area contributed by atoms with E-state index < -0.39 is 0 Å². The van der Waals surface area contributed by atoms with E-state index >= 15 is 0 Å². The third-order valence-electron chi connectivity index (χ3n) is 2.33. The Morgan fingerprint density at radius 2 is 2.27 bits per heavy atom. The molecule has 0 unspecified atom stereocenters. The van der Waals surface area contributed by atoms with Gasteiger partial charge in [0.05, 0.1) is 31.5 Å². The Kier molecular flexibility index (Phi) is 2.47. The van der Waals surface area contributed by atoms with E-state index in [1.165, 1.54) is 17.3 Å². The highest BCUT2D eigenvalue weighted by atomic mass is 16.3. The molecule has 15 heavy (non-hydrogen) atoms. The number of hydrogen-bond donors (Lipinski definition) is 1. The van der Waals surface area contributed by atoms with Gasteiger partial charge in [-0.1, -0.05) is 0 Å². The van der Waals surface area contributed by atoms with Crippen LogP contribution in [0.3, 0.4) is 0 Å². The number of carbonyl (C=O) groups excluding carboxylic acids is 2. The number of Topliss-reactive ketones (excluding diaryl/α,β-unsaturated/α-hetero) is 1. The Hall–Kier alpha value is -1.75. The third kappa shape index (κ3) is 1.73. The third-order valence-corrected chi connectivity index (χ3v) is 2.33. The average molecular weight is 206 g/mol. The molecule has 1 aliphatic rings. The zero-order chi connectivity index (χ0) is 10.8. The summed E-state index contributed by atoms with van der Waals surface area (Å²) in [4.78, 5) is 27.8. The first kappa shape index (κ1) is 9.79. The summed E-state index contributed by atoms with van der Waals surface area (Å²) in [5.74, 6) is -0.338. The summed E-state index contributed by atoms with van der Waals surface area (Å²) in [5.41, 5.74) is 1.13. The van der Waals surface area contributed by atoms with Crippen LogP contribution in [0.2, 0.25) is 0 Å². The lowest BCUT2D eigenvalue weighted by Gasteiger charge is -2.16. The van der Waals surface area contributed by atoms with E-state index in [0.717, 1.165) is 0 Å². The Morgan fingerprint density at radius 1 is 1.47 bits per heavy atom. The highest BCUT2D eigenvalue weighted by Gasteiger charge is 2.29. The van der Waals surface area contributed by atoms with E-state index in [-0.39, 0.29) is 31.3 Å². The van der Waals surface area contributed by atoms with Gasteiger partial charge in [0, 0.05) is 11.8 Å². The topological polar surface area (TPSA) is 70.5 Å². The second-order valence-electron chi connectivity index (χ2n) is 3.36. The van der Waals surface area contributed by atoms with Gasteiger partial charge in [-0.15, -0.1) is 0 Å². The van der Waals surface area contributed by atoms with Crippen LogP contribution in [0, 0.1) is 0 Å². The summed E-state index contributed by atoms with van der Waals surface area (Å²) in [5, 5.41) is 9.08. The Balaban J connectivity index is 2.37. The average Bonchev–Trinajstić information content (AvgIpc) is 2.57. The lowest BCUT2D eigenvalue weighted by molar-refractivity contribution is -0.121. The molecule has 0 bridgehead atoms. The van der Waals surface area contributed by atoms with Gasteiger partial charge in [-0.2, -0.15) is 0 Å². The van der Waals surface area contributed by atoms with Gasteiger partial charge in [-0.3, -0.25) is 14.6 Å². The summed E-state index contributed by atoms with van der Waals surface area (Å²) in [6.07, 6.45) is 2.97. The largest absolute Gasteiger partial charge is 0.392 e.